The van der Waals surface area contributed by atoms with E-state index in [1.807, 2.05) is 18.6 Å². The lowest BCUT2D eigenvalue weighted by Crippen LogP contribution is -2.50. The van der Waals surface area contributed by atoms with Crippen molar-refractivity contribution in [2.24, 2.45) is 40.4 Å². The van der Waals surface area contributed by atoms with E-state index in [0.29, 0.717) is 29.1 Å². The molecule has 5 aliphatic rings. The summed E-state index contributed by atoms with van der Waals surface area (Å²) in [5, 5.41) is 0. The Morgan fingerprint density at radius 3 is 2.85 bits per heavy atom. The average Bonchev–Trinajstić information content (AvgIpc) is 3.49. The third-order valence-electron chi connectivity index (χ3n) is 11.1. The van der Waals surface area contributed by atoms with E-state index < -0.39 is 0 Å². The lowest BCUT2D eigenvalue weighted by atomic mass is 9.46. The molecule has 0 aromatic carbocycles. The molecule has 0 N–H and O–H groups in total. The second-order valence-corrected chi connectivity index (χ2v) is 12.9. The summed E-state index contributed by atoms with van der Waals surface area (Å²) < 4.78 is 8.96. The van der Waals surface area contributed by atoms with E-state index in [-0.39, 0.29) is 5.41 Å². The van der Waals surface area contributed by atoms with Gasteiger partial charge in [-0.15, -0.1) is 0 Å². The zero-order valence-corrected chi connectivity index (χ0v) is 21.6. The average molecular weight is 463 g/mol. The predicted molar refractivity (Wildman–Crippen MR) is 134 cm³/mol. The normalized spacial score (nSPS) is 41.8. The fourth-order valence-electron chi connectivity index (χ4n) is 9.37. The fraction of sp³-hybridized carbons (Fsp3) is 0.733. The smallest absolute Gasteiger partial charge is 0.155 e. The van der Waals surface area contributed by atoms with Crippen molar-refractivity contribution in [1.82, 2.24) is 9.55 Å². The molecule has 3 saturated carbocycles. The lowest BCUT2D eigenvalue weighted by molar-refractivity contribution is -0.117. The Morgan fingerprint density at radius 2 is 2.06 bits per heavy atom. The summed E-state index contributed by atoms with van der Waals surface area (Å²) in [5.74, 6) is 5.22. The second-order valence-electron chi connectivity index (χ2n) is 12.9. The first-order chi connectivity index (χ1) is 16.3. The predicted octanol–water partition coefficient (Wildman–Crippen LogP) is 6.73. The molecule has 0 radical (unpaired) electrons. The highest BCUT2D eigenvalue weighted by atomic mass is 16.5. The van der Waals surface area contributed by atoms with Gasteiger partial charge < -0.3 is 9.30 Å². The second kappa shape index (κ2) is 8.10. The van der Waals surface area contributed by atoms with Crippen molar-refractivity contribution in [3.05, 3.63) is 41.7 Å². The van der Waals surface area contributed by atoms with Gasteiger partial charge in [-0.3, -0.25) is 4.79 Å². The number of aromatic nitrogens is 2. The van der Waals surface area contributed by atoms with Crippen LogP contribution in [0.25, 0.3) is 0 Å². The summed E-state index contributed by atoms with van der Waals surface area (Å²) in [5.41, 5.74) is 3.68. The Bertz CT molecular complexity index is 1020. The maximum atomic E-state index is 12.1. The first-order valence-electron chi connectivity index (χ1n) is 13.9. The van der Waals surface area contributed by atoms with Gasteiger partial charge in [0, 0.05) is 37.7 Å². The number of rotatable bonds is 5. The summed E-state index contributed by atoms with van der Waals surface area (Å²) in [7, 11) is 0. The third kappa shape index (κ3) is 3.38. The quantitative estimate of drug-likeness (QED) is 0.487. The Labute approximate surface area is 205 Å². The number of carbonyl (C=O) groups excluding carboxylic acids is 1. The standard InChI is InChI=1S/C30H42N2O2/c1-19(17-32-14-13-31-18-32)5-8-26-20(2)28-27(34-26)16-25-23-7-6-21-15-22(33)9-11-29(21,3)24(23)10-12-30(25,28)4/h13-15,18-19,23-25,27-28H,5-12,16-17H2,1-4H3/t19?,23?,24?,25?,27?,28?,29-,30-/m0/s1. The molecule has 0 amide bonds. The molecule has 2 heterocycles. The molecule has 184 valence electrons. The van der Waals surface area contributed by atoms with Gasteiger partial charge in [-0.1, -0.05) is 26.3 Å². The van der Waals surface area contributed by atoms with Crippen LogP contribution in [-0.4, -0.2) is 21.4 Å². The molecule has 6 rings (SSSR count). The molecule has 0 bridgehead atoms. The number of hydrogen-bond donors (Lipinski definition) is 0. The molecule has 3 fully saturated rings. The molecule has 6 unspecified atom stereocenters. The topological polar surface area (TPSA) is 44.1 Å². The number of hydrogen-bond acceptors (Lipinski definition) is 3. The molecule has 1 aliphatic heterocycles. The van der Waals surface area contributed by atoms with E-state index in [0.717, 1.165) is 50.0 Å². The monoisotopic (exact) mass is 462 g/mol. The third-order valence-corrected chi connectivity index (χ3v) is 11.1. The van der Waals surface area contributed by atoms with Gasteiger partial charge >= 0.3 is 0 Å². The first-order valence-corrected chi connectivity index (χ1v) is 13.9. The molecule has 0 saturated heterocycles. The van der Waals surface area contributed by atoms with E-state index in [1.165, 1.54) is 43.4 Å². The summed E-state index contributed by atoms with van der Waals surface area (Å²) in [6.45, 7) is 10.9. The number of ketones is 1. The van der Waals surface area contributed by atoms with Gasteiger partial charge in [0.2, 0.25) is 0 Å². The zero-order valence-electron chi connectivity index (χ0n) is 21.6. The highest BCUT2D eigenvalue weighted by molar-refractivity contribution is 5.91. The van der Waals surface area contributed by atoms with Gasteiger partial charge in [0.1, 0.15) is 6.10 Å². The number of carbonyl (C=O) groups is 1. The van der Waals surface area contributed by atoms with Gasteiger partial charge in [0.25, 0.3) is 0 Å². The van der Waals surface area contributed by atoms with Crippen LogP contribution in [0.5, 0.6) is 0 Å². The van der Waals surface area contributed by atoms with Crippen LogP contribution in [0.4, 0.5) is 0 Å². The van der Waals surface area contributed by atoms with Crippen LogP contribution in [0.1, 0.15) is 85.5 Å². The minimum Gasteiger partial charge on any atom is -0.494 e. The number of nitrogens with zero attached hydrogens (tertiary/aromatic N) is 2. The molecule has 4 aliphatic carbocycles. The van der Waals surface area contributed by atoms with Crippen molar-refractivity contribution in [2.45, 2.75) is 98.1 Å². The van der Waals surface area contributed by atoms with Crippen molar-refractivity contribution in [1.29, 1.82) is 0 Å². The van der Waals surface area contributed by atoms with Crippen molar-refractivity contribution >= 4 is 5.78 Å². The Morgan fingerprint density at radius 1 is 1.21 bits per heavy atom. The van der Waals surface area contributed by atoms with Crippen molar-refractivity contribution in [2.75, 3.05) is 0 Å². The van der Waals surface area contributed by atoms with E-state index in [4.69, 9.17) is 4.74 Å². The molecule has 8 atom stereocenters. The molecular weight excluding hydrogens is 420 g/mol. The van der Waals surface area contributed by atoms with Gasteiger partial charge in [0.15, 0.2) is 5.78 Å². The molecule has 4 heteroatoms. The Kier molecular flexibility index (Phi) is 5.39. The van der Waals surface area contributed by atoms with Crippen molar-refractivity contribution < 1.29 is 9.53 Å². The minimum absolute atomic E-state index is 0.262. The van der Waals surface area contributed by atoms with Crippen LogP contribution in [0.3, 0.4) is 0 Å². The number of fused-ring (bicyclic) bond motifs is 7. The maximum absolute atomic E-state index is 12.1. The summed E-state index contributed by atoms with van der Waals surface area (Å²) in [6.07, 6.45) is 18.6. The van der Waals surface area contributed by atoms with Gasteiger partial charge in [-0.25, -0.2) is 4.98 Å². The molecule has 1 aromatic heterocycles. The van der Waals surface area contributed by atoms with Gasteiger partial charge in [-0.05, 0) is 98.0 Å². The zero-order chi connectivity index (χ0) is 23.7. The first kappa shape index (κ1) is 22.6. The largest absolute Gasteiger partial charge is 0.494 e. The van der Waals surface area contributed by atoms with Crippen LogP contribution >= 0.6 is 0 Å². The molecular formula is C30H42N2O2. The van der Waals surface area contributed by atoms with Crippen molar-refractivity contribution in [3.8, 4) is 0 Å². The van der Waals surface area contributed by atoms with Crippen LogP contribution in [0.2, 0.25) is 0 Å². The number of ether oxygens (including phenoxy) is 1. The molecule has 1 aromatic rings. The molecule has 34 heavy (non-hydrogen) atoms. The van der Waals surface area contributed by atoms with Crippen LogP contribution in [-0.2, 0) is 16.1 Å². The van der Waals surface area contributed by atoms with E-state index in [2.05, 4.69) is 43.4 Å². The fourth-order valence-corrected chi connectivity index (χ4v) is 9.37. The van der Waals surface area contributed by atoms with E-state index >= 15 is 0 Å². The maximum Gasteiger partial charge on any atom is 0.155 e. The van der Waals surface area contributed by atoms with Crippen LogP contribution in [0, 0.1) is 40.4 Å². The highest BCUT2D eigenvalue weighted by Gasteiger charge is 2.63. The van der Waals surface area contributed by atoms with Gasteiger partial charge in [0.05, 0.1) is 12.1 Å². The summed E-state index contributed by atoms with van der Waals surface area (Å²) in [4.78, 5) is 16.3. The van der Waals surface area contributed by atoms with Crippen LogP contribution < -0.4 is 0 Å². The minimum atomic E-state index is 0.262. The Hall–Kier alpha value is -1.84. The van der Waals surface area contributed by atoms with E-state index in [1.54, 1.807) is 5.57 Å². The Balaban J connectivity index is 1.17. The number of allylic oxidation sites excluding steroid dienone is 2. The SMILES string of the molecule is CC1=C(CCC(C)Cn2ccnc2)OC2CC3C4CCC5=CC(=O)CC[C@]5(C)C4CC[C@]3(C)C12. The summed E-state index contributed by atoms with van der Waals surface area (Å²) in [6, 6.07) is 0. The molecule has 4 nitrogen and oxygen atoms in total. The molecule has 0 spiro atoms. The van der Waals surface area contributed by atoms with Gasteiger partial charge in [-0.2, -0.15) is 0 Å². The van der Waals surface area contributed by atoms with Crippen LogP contribution in [0.15, 0.2) is 41.7 Å². The highest BCUT2D eigenvalue weighted by Crippen LogP contribution is 2.69. The summed E-state index contributed by atoms with van der Waals surface area (Å²) >= 11 is 0. The van der Waals surface area contributed by atoms with E-state index in [9.17, 15) is 4.79 Å². The lowest BCUT2D eigenvalue weighted by Gasteiger charge is -2.58. The van der Waals surface area contributed by atoms with Crippen molar-refractivity contribution in [3.63, 3.8) is 0 Å². The number of imidazole rings is 1.